The molecule has 1 unspecified atom stereocenters. The smallest absolute Gasteiger partial charge is 0.239 e. The van der Waals surface area contributed by atoms with Crippen LogP contribution in [0, 0.1) is 5.92 Å². The van der Waals surface area contributed by atoms with Crippen molar-refractivity contribution in [1.29, 1.82) is 0 Å². The molecular weight excluding hydrogens is 226 g/mol. The van der Waals surface area contributed by atoms with Crippen molar-refractivity contribution in [2.45, 2.75) is 39.3 Å². The molecule has 0 aromatic carbocycles. The molecule has 1 aromatic rings. The number of amides is 1. The minimum absolute atomic E-state index is 0.0678. The lowest BCUT2D eigenvalue weighted by Crippen LogP contribution is -2.46. The maximum Gasteiger partial charge on any atom is 0.239 e. The zero-order valence-corrected chi connectivity index (χ0v) is 11.1. The van der Waals surface area contributed by atoms with Crippen LogP contribution in [0.3, 0.4) is 0 Å². The fourth-order valence-electron chi connectivity index (χ4n) is 2.40. The van der Waals surface area contributed by atoms with Crippen LogP contribution >= 0.6 is 0 Å². The van der Waals surface area contributed by atoms with Crippen molar-refractivity contribution in [3.8, 4) is 0 Å². The van der Waals surface area contributed by atoms with E-state index in [1.54, 1.807) is 6.20 Å². The maximum absolute atomic E-state index is 12.2. The first-order valence-electron chi connectivity index (χ1n) is 6.55. The predicted octanol–water partition coefficient (Wildman–Crippen LogP) is 1.34. The summed E-state index contributed by atoms with van der Waals surface area (Å²) in [7, 11) is 0. The summed E-state index contributed by atoms with van der Waals surface area (Å²) >= 11 is 0. The van der Waals surface area contributed by atoms with Crippen molar-refractivity contribution < 1.29 is 4.79 Å². The lowest BCUT2D eigenvalue weighted by Gasteiger charge is -2.30. The molecule has 18 heavy (non-hydrogen) atoms. The van der Waals surface area contributed by atoms with Crippen molar-refractivity contribution in [2.75, 3.05) is 6.54 Å². The van der Waals surface area contributed by atoms with Gasteiger partial charge in [-0.25, -0.2) is 0 Å². The van der Waals surface area contributed by atoms with E-state index in [1.807, 2.05) is 17.0 Å². The van der Waals surface area contributed by atoms with E-state index in [0.717, 1.165) is 30.6 Å². The number of nitrogens with zero attached hydrogens (tertiary/aromatic N) is 2. The van der Waals surface area contributed by atoms with Gasteiger partial charge >= 0.3 is 0 Å². The molecule has 0 fully saturated rings. The molecule has 4 heteroatoms. The Balaban J connectivity index is 2.02. The van der Waals surface area contributed by atoms with Crippen LogP contribution < -0.4 is 5.73 Å². The van der Waals surface area contributed by atoms with Crippen molar-refractivity contribution in [3.63, 3.8) is 0 Å². The summed E-state index contributed by atoms with van der Waals surface area (Å²) in [6.45, 7) is 5.55. The zero-order valence-electron chi connectivity index (χ0n) is 11.1. The van der Waals surface area contributed by atoms with E-state index < -0.39 is 0 Å². The van der Waals surface area contributed by atoms with Crippen LogP contribution in [0.2, 0.25) is 0 Å². The predicted molar refractivity (Wildman–Crippen MR) is 70.8 cm³/mol. The Kier molecular flexibility index (Phi) is 3.97. The Hall–Kier alpha value is -1.42. The minimum atomic E-state index is -0.372. The second-order valence-corrected chi connectivity index (χ2v) is 5.36. The average molecular weight is 247 g/mol. The van der Waals surface area contributed by atoms with Gasteiger partial charge in [0.05, 0.1) is 6.04 Å². The third kappa shape index (κ3) is 2.88. The summed E-state index contributed by atoms with van der Waals surface area (Å²) in [5, 5.41) is 0. The Bertz CT molecular complexity index is 431. The number of pyridine rings is 1. The van der Waals surface area contributed by atoms with E-state index in [0.29, 0.717) is 12.5 Å². The molecule has 1 aliphatic heterocycles. The molecule has 2 N–H and O–H groups in total. The summed E-state index contributed by atoms with van der Waals surface area (Å²) in [6, 6.07) is 3.58. The molecule has 0 radical (unpaired) electrons. The molecule has 1 amide bonds. The molecule has 2 rings (SSSR count). The molecule has 0 aliphatic carbocycles. The van der Waals surface area contributed by atoms with Crippen LogP contribution in [0.15, 0.2) is 18.3 Å². The summed E-state index contributed by atoms with van der Waals surface area (Å²) in [6.07, 6.45) is 3.38. The Morgan fingerprint density at radius 3 is 3.06 bits per heavy atom. The highest BCUT2D eigenvalue weighted by Gasteiger charge is 2.25. The molecule has 0 saturated carbocycles. The topological polar surface area (TPSA) is 59.2 Å². The molecule has 1 aromatic heterocycles. The molecule has 0 spiro atoms. The Morgan fingerprint density at radius 1 is 1.56 bits per heavy atom. The van der Waals surface area contributed by atoms with Gasteiger partial charge in [-0.2, -0.15) is 0 Å². The van der Waals surface area contributed by atoms with E-state index in [2.05, 4.69) is 18.8 Å². The fraction of sp³-hybridized carbons (Fsp3) is 0.571. The van der Waals surface area contributed by atoms with Crippen LogP contribution in [-0.4, -0.2) is 28.4 Å². The molecule has 0 bridgehead atoms. The zero-order chi connectivity index (χ0) is 13.1. The SMILES string of the molecule is CC(C)CC(N)C(=O)N1CCc2ncccc2C1. The van der Waals surface area contributed by atoms with Crippen LogP contribution in [-0.2, 0) is 17.8 Å². The molecular formula is C14H21N3O. The fourth-order valence-corrected chi connectivity index (χ4v) is 2.40. The van der Waals surface area contributed by atoms with Crippen LogP contribution in [0.4, 0.5) is 0 Å². The molecule has 0 saturated heterocycles. The van der Waals surface area contributed by atoms with Crippen LogP contribution in [0.1, 0.15) is 31.5 Å². The maximum atomic E-state index is 12.2. The lowest BCUT2D eigenvalue weighted by molar-refractivity contribution is -0.133. The van der Waals surface area contributed by atoms with Gasteiger partial charge in [0.25, 0.3) is 0 Å². The first kappa shape index (κ1) is 13.0. The van der Waals surface area contributed by atoms with E-state index in [-0.39, 0.29) is 11.9 Å². The summed E-state index contributed by atoms with van der Waals surface area (Å²) < 4.78 is 0. The van der Waals surface area contributed by atoms with E-state index in [9.17, 15) is 4.79 Å². The second kappa shape index (κ2) is 5.48. The third-order valence-electron chi connectivity index (χ3n) is 3.32. The highest BCUT2D eigenvalue weighted by Crippen LogP contribution is 2.17. The van der Waals surface area contributed by atoms with E-state index >= 15 is 0 Å². The quantitative estimate of drug-likeness (QED) is 0.877. The second-order valence-electron chi connectivity index (χ2n) is 5.36. The van der Waals surface area contributed by atoms with Gasteiger partial charge < -0.3 is 10.6 Å². The van der Waals surface area contributed by atoms with Crippen molar-refractivity contribution >= 4 is 5.91 Å². The van der Waals surface area contributed by atoms with E-state index in [4.69, 9.17) is 5.73 Å². The van der Waals surface area contributed by atoms with Crippen molar-refractivity contribution in [3.05, 3.63) is 29.6 Å². The standard InChI is InChI=1S/C14H21N3O/c1-10(2)8-12(15)14(18)17-7-5-13-11(9-17)4-3-6-16-13/h3-4,6,10,12H,5,7-9,15H2,1-2H3. The normalized spacial score (nSPS) is 16.6. The van der Waals surface area contributed by atoms with Crippen LogP contribution in [0.5, 0.6) is 0 Å². The number of aromatic nitrogens is 1. The number of carbonyl (C=O) groups is 1. The monoisotopic (exact) mass is 247 g/mol. The minimum Gasteiger partial charge on any atom is -0.337 e. The molecule has 2 heterocycles. The largest absolute Gasteiger partial charge is 0.337 e. The molecule has 4 nitrogen and oxygen atoms in total. The van der Waals surface area contributed by atoms with Crippen molar-refractivity contribution in [1.82, 2.24) is 9.88 Å². The number of fused-ring (bicyclic) bond motifs is 1. The molecule has 1 aliphatic rings. The summed E-state index contributed by atoms with van der Waals surface area (Å²) in [4.78, 5) is 18.4. The number of carbonyl (C=O) groups excluding carboxylic acids is 1. The first-order valence-corrected chi connectivity index (χ1v) is 6.55. The lowest BCUT2D eigenvalue weighted by atomic mass is 10.0. The van der Waals surface area contributed by atoms with Gasteiger partial charge in [0.1, 0.15) is 0 Å². The Labute approximate surface area is 108 Å². The average Bonchev–Trinajstić information content (AvgIpc) is 2.36. The number of rotatable bonds is 3. The van der Waals surface area contributed by atoms with E-state index in [1.165, 1.54) is 0 Å². The number of nitrogens with two attached hydrogens (primary N) is 1. The van der Waals surface area contributed by atoms with Gasteiger partial charge in [0.15, 0.2) is 0 Å². The Morgan fingerprint density at radius 2 is 2.33 bits per heavy atom. The van der Waals surface area contributed by atoms with Gasteiger partial charge in [-0.15, -0.1) is 0 Å². The van der Waals surface area contributed by atoms with Crippen molar-refractivity contribution in [2.24, 2.45) is 11.7 Å². The highest BCUT2D eigenvalue weighted by molar-refractivity contribution is 5.81. The first-order chi connectivity index (χ1) is 8.58. The molecule has 98 valence electrons. The van der Waals surface area contributed by atoms with Gasteiger partial charge in [-0.1, -0.05) is 19.9 Å². The highest BCUT2D eigenvalue weighted by atomic mass is 16.2. The number of hydrogen-bond donors (Lipinski definition) is 1. The molecule has 1 atom stereocenters. The third-order valence-corrected chi connectivity index (χ3v) is 3.32. The van der Waals surface area contributed by atoms with Gasteiger partial charge in [-0.05, 0) is 24.0 Å². The summed E-state index contributed by atoms with van der Waals surface area (Å²) in [5.41, 5.74) is 8.22. The van der Waals surface area contributed by atoms with Gasteiger partial charge in [0, 0.05) is 31.4 Å². The number of hydrogen-bond acceptors (Lipinski definition) is 3. The summed E-state index contributed by atoms with van der Waals surface area (Å²) in [5.74, 6) is 0.515. The van der Waals surface area contributed by atoms with Crippen LogP contribution in [0.25, 0.3) is 0 Å². The van der Waals surface area contributed by atoms with Gasteiger partial charge in [-0.3, -0.25) is 9.78 Å². The van der Waals surface area contributed by atoms with Gasteiger partial charge in [0.2, 0.25) is 5.91 Å².